The van der Waals surface area contributed by atoms with Gasteiger partial charge < -0.3 is 0 Å². The van der Waals surface area contributed by atoms with Crippen LogP contribution in [0.2, 0.25) is 0 Å². The number of nitrogens with zero attached hydrogens (tertiary/aromatic N) is 2. The minimum absolute atomic E-state index is 0.00924. The number of aromatic nitrogens is 3. The molecule has 2 aromatic rings. The maximum Gasteiger partial charge on any atom is 0.329 e. The maximum atomic E-state index is 12.5. The second kappa shape index (κ2) is 5.69. The Kier molecular flexibility index (Phi) is 3.94. The summed E-state index contributed by atoms with van der Waals surface area (Å²) in [4.78, 5) is 43.8. The minimum Gasteiger partial charge on any atom is -0.294 e. The van der Waals surface area contributed by atoms with Crippen LogP contribution in [-0.4, -0.2) is 20.3 Å². The Morgan fingerprint density at radius 1 is 1.25 bits per heavy atom. The molecule has 0 bridgehead atoms. The first kappa shape index (κ1) is 16.6. The number of hydrogen-bond donors (Lipinski definition) is 1. The molecule has 2 heterocycles. The lowest BCUT2D eigenvalue weighted by Gasteiger charge is -2.30. The lowest BCUT2D eigenvalue weighted by atomic mass is 9.73. The molecule has 6 heteroatoms. The summed E-state index contributed by atoms with van der Waals surface area (Å²) in [5.74, 6) is 0.437. The monoisotopic (exact) mass is 329 g/mol. The van der Waals surface area contributed by atoms with Gasteiger partial charge in [-0.15, -0.1) is 0 Å². The number of aryl methyl sites for hydroxylation is 1. The molecule has 0 spiro atoms. The molecule has 0 atom stereocenters. The van der Waals surface area contributed by atoms with Crippen molar-refractivity contribution in [3.63, 3.8) is 0 Å². The van der Waals surface area contributed by atoms with Gasteiger partial charge in [-0.05, 0) is 29.7 Å². The molecule has 0 aromatic carbocycles. The topological polar surface area (TPSA) is 84.8 Å². The predicted molar refractivity (Wildman–Crippen MR) is 92.5 cm³/mol. The van der Waals surface area contributed by atoms with E-state index in [1.165, 1.54) is 10.8 Å². The molecule has 128 valence electrons. The maximum absolute atomic E-state index is 12.5. The van der Waals surface area contributed by atoms with E-state index >= 15 is 0 Å². The minimum atomic E-state index is -0.453. The van der Waals surface area contributed by atoms with Crippen LogP contribution in [0.3, 0.4) is 0 Å². The van der Waals surface area contributed by atoms with E-state index < -0.39 is 11.2 Å². The van der Waals surface area contributed by atoms with Crippen LogP contribution in [-0.2, 0) is 13.0 Å². The van der Waals surface area contributed by atoms with Crippen molar-refractivity contribution in [2.45, 2.75) is 53.5 Å². The van der Waals surface area contributed by atoms with Gasteiger partial charge in [0.15, 0.2) is 5.78 Å². The van der Waals surface area contributed by atoms with Gasteiger partial charge in [-0.25, -0.2) is 9.78 Å². The summed E-state index contributed by atoms with van der Waals surface area (Å²) >= 11 is 0. The van der Waals surface area contributed by atoms with Gasteiger partial charge in [-0.3, -0.25) is 19.1 Å². The summed E-state index contributed by atoms with van der Waals surface area (Å²) in [7, 11) is 0. The van der Waals surface area contributed by atoms with Gasteiger partial charge in [0.05, 0.1) is 5.39 Å². The van der Waals surface area contributed by atoms with E-state index in [4.69, 9.17) is 0 Å². The Balaban J connectivity index is 2.30. The molecule has 0 saturated heterocycles. The highest BCUT2D eigenvalue weighted by Crippen LogP contribution is 2.36. The normalized spacial score (nSPS) is 16.6. The second-order valence-corrected chi connectivity index (χ2v) is 7.88. The SMILES string of the molecule is CC(C)CCn1c(=O)[nH]c(=O)c2c3c(cnc21)C(=O)CC(C)(C)C3. The van der Waals surface area contributed by atoms with Crippen molar-refractivity contribution in [2.75, 3.05) is 0 Å². The van der Waals surface area contributed by atoms with E-state index in [1.807, 2.05) is 13.8 Å². The van der Waals surface area contributed by atoms with Gasteiger partial charge in [0, 0.05) is 24.7 Å². The molecule has 6 nitrogen and oxygen atoms in total. The molecule has 3 rings (SSSR count). The van der Waals surface area contributed by atoms with E-state index in [0.717, 1.165) is 12.0 Å². The van der Waals surface area contributed by atoms with E-state index in [9.17, 15) is 14.4 Å². The van der Waals surface area contributed by atoms with Crippen molar-refractivity contribution in [3.8, 4) is 0 Å². The first-order valence-corrected chi connectivity index (χ1v) is 8.37. The summed E-state index contributed by atoms with van der Waals surface area (Å²) < 4.78 is 1.52. The van der Waals surface area contributed by atoms with Crippen molar-refractivity contribution in [2.24, 2.45) is 11.3 Å². The van der Waals surface area contributed by atoms with Crippen LogP contribution in [0, 0.1) is 11.3 Å². The lowest BCUT2D eigenvalue weighted by molar-refractivity contribution is 0.0912. The fraction of sp³-hybridized carbons (Fsp3) is 0.556. The van der Waals surface area contributed by atoms with E-state index in [0.29, 0.717) is 41.9 Å². The van der Waals surface area contributed by atoms with E-state index in [1.54, 1.807) is 0 Å². The number of fused-ring (bicyclic) bond motifs is 3. The Labute approximate surface area is 139 Å². The summed E-state index contributed by atoms with van der Waals surface area (Å²) in [6.45, 7) is 8.68. The number of hydrogen-bond acceptors (Lipinski definition) is 4. The molecule has 0 saturated carbocycles. The Hall–Kier alpha value is -2.24. The third-order valence-electron chi connectivity index (χ3n) is 4.64. The summed E-state index contributed by atoms with van der Waals surface area (Å²) in [5, 5.41) is 0.386. The molecule has 1 aliphatic rings. The van der Waals surface area contributed by atoms with Gasteiger partial charge in [0.25, 0.3) is 5.56 Å². The van der Waals surface area contributed by atoms with Crippen molar-refractivity contribution >= 4 is 16.8 Å². The Morgan fingerprint density at radius 2 is 1.96 bits per heavy atom. The van der Waals surface area contributed by atoms with Crippen molar-refractivity contribution in [1.29, 1.82) is 0 Å². The highest BCUT2D eigenvalue weighted by atomic mass is 16.2. The largest absolute Gasteiger partial charge is 0.329 e. The number of ketones is 1. The number of H-pyrrole nitrogens is 1. The summed E-state index contributed by atoms with van der Waals surface area (Å²) in [6, 6.07) is 0. The standard InChI is InChI=1S/C18H23N3O3/c1-10(2)5-6-21-15-14(16(23)20-17(21)24)11-7-18(3,4)8-13(22)12(11)9-19-15/h9-10H,5-8H2,1-4H3,(H,20,23,24). The van der Waals surface area contributed by atoms with Crippen LogP contribution in [0.1, 0.15) is 56.5 Å². The quantitative estimate of drug-likeness (QED) is 0.936. The Morgan fingerprint density at radius 3 is 2.62 bits per heavy atom. The molecule has 0 amide bonds. The molecule has 1 N–H and O–H groups in total. The first-order chi connectivity index (χ1) is 11.2. The Bertz CT molecular complexity index is 935. The lowest BCUT2D eigenvalue weighted by Crippen LogP contribution is -2.34. The van der Waals surface area contributed by atoms with E-state index in [-0.39, 0.29) is 11.2 Å². The third kappa shape index (κ3) is 2.81. The molecular formula is C18H23N3O3. The van der Waals surface area contributed by atoms with Crippen molar-refractivity contribution in [3.05, 3.63) is 38.2 Å². The van der Waals surface area contributed by atoms with Gasteiger partial charge in [-0.2, -0.15) is 0 Å². The number of aromatic amines is 1. The number of rotatable bonds is 3. The average molecular weight is 329 g/mol. The third-order valence-corrected chi connectivity index (χ3v) is 4.64. The fourth-order valence-corrected chi connectivity index (χ4v) is 3.39. The van der Waals surface area contributed by atoms with Gasteiger partial charge in [-0.1, -0.05) is 27.7 Å². The first-order valence-electron chi connectivity index (χ1n) is 8.37. The predicted octanol–water partition coefficient (Wildman–Crippen LogP) is 2.29. The summed E-state index contributed by atoms with van der Waals surface area (Å²) in [5.41, 5.74) is 0.521. The van der Waals surface area contributed by atoms with Crippen LogP contribution in [0.25, 0.3) is 11.0 Å². The van der Waals surface area contributed by atoms with Crippen molar-refractivity contribution in [1.82, 2.24) is 14.5 Å². The van der Waals surface area contributed by atoms with Crippen LogP contribution < -0.4 is 11.2 Å². The molecule has 0 fully saturated rings. The molecule has 2 aromatic heterocycles. The van der Waals surface area contributed by atoms with Gasteiger partial charge in [0.1, 0.15) is 5.65 Å². The number of pyridine rings is 1. The number of carbonyl (C=O) groups excluding carboxylic acids is 1. The molecule has 24 heavy (non-hydrogen) atoms. The molecular weight excluding hydrogens is 306 g/mol. The zero-order valence-corrected chi connectivity index (χ0v) is 14.6. The fourth-order valence-electron chi connectivity index (χ4n) is 3.39. The zero-order valence-electron chi connectivity index (χ0n) is 14.6. The smallest absolute Gasteiger partial charge is 0.294 e. The number of Topliss-reactive ketones (excluding diaryl/α,β-unsaturated/α-hetero) is 1. The van der Waals surface area contributed by atoms with Crippen LogP contribution in [0.15, 0.2) is 15.8 Å². The second-order valence-electron chi connectivity index (χ2n) is 7.88. The van der Waals surface area contributed by atoms with Crippen LogP contribution >= 0.6 is 0 Å². The molecule has 0 aliphatic heterocycles. The van der Waals surface area contributed by atoms with Crippen molar-refractivity contribution < 1.29 is 4.79 Å². The van der Waals surface area contributed by atoms with Crippen LogP contribution in [0.4, 0.5) is 0 Å². The highest BCUT2D eigenvalue weighted by Gasteiger charge is 2.33. The molecule has 0 unspecified atom stereocenters. The summed E-state index contributed by atoms with van der Waals surface area (Å²) in [6.07, 6.45) is 3.40. The van der Waals surface area contributed by atoms with E-state index in [2.05, 4.69) is 23.8 Å². The highest BCUT2D eigenvalue weighted by molar-refractivity contribution is 6.02. The number of carbonyl (C=O) groups is 1. The molecule has 0 radical (unpaired) electrons. The average Bonchev–Trinajstić information content (AvgIpc) is 2.44. The zero-order chi connectivity index (χ0) is 17.6. The number of nitrogens with one attached hydrogen (secondary N) is 1. The molecule has 1 aliphatic carbocycles. The van der Waals surface area contributed by atoms with Gasteiger partial charge >= 0.3 is 5.69 Å². The van der Waals surface area contributed by atoms with Crippen LogP contribution in [0.5, 0.6) is 0 Å². The van der Waals surface area contributed by atoms with Gasteiger partial charge in [0.2, 0.25) is 0 Å².